The molecule has 0 amide bonds. The van der Waals surface area contributed by atoms with Gasteiger partial charge in [-0.1, -0.05) is 35.4 Å². The summed E-state index contributed by atoms with van der Waals surface area (Å²) in [5.74, 6) is 0. The summed E-state index contributed by atoms with van der Waals surface area (Å²) in [6.07, 6.45) is 1.85. The van der Waals surface area contributed by atoms with Gasteiger partial charge in [0.1, 0.15) is 0 Å². The second-order valence-corrected chi connectivity index (χ2v) is 6.26. The van der Waals surface area contributed by atoms with Crippen molar-refractivity contribution in [3.05, 3.63) is 81.1 Å². The topological polar surface area (TPSA) is 34.9 Å². The number of nitrogens with zero attached hydrogens (tertiary/aromatic N) is 2. The highest BCUT2D eigenvalue weighted by Gasteiger charge is 2.19. The molecule has 0 aliphatic heterocycles. The molecular formula is C20H18N2O. The van der Waals surface area contributed by atoms with Crippen LogP contribution in [0.1, 0.15) is 22.3 Å². The Balaban J connectivity index is 1.94. The van der Waals surface area contributed by atoms with E-state index in [0.29, 0.717) is 0 Å². The van der Waals surface area contributed by atoms with Gasteiger partial charge in [-0.25, -0.2) is 0 Å². The van der Waals surface area contributed by atoms with Gasteiger partial charge in [-0.2, -0.15) is 9.78 Å². The number of aryl methyl sites for hydroxylation is 4. The summed E-state index contributed by atoms with van der Waals surface area (Å²) in [5.41, 5.74) is 7.59. The minimum Gasteiger partial charge on any atom is -0.267 e. The maximum Gasteiger partial charge on any atom is 0.271 e. The molecule has 1 aliphatic rings. The molecule has 0 fully saturated rings. The predicted molar refractivity (Wildman–Crippen MR) is 92.2 cm³/mol. The van der Waals surface area contributed by atoms with E-state index in [0.717, 1.165) is 35.3 Å². The lowest BCUT2D eigenvalue weighted by Gasteiger charge is -2.20. The lowest BCUT2D eigenvalue weighted by Crippen LogP contribution is -2.24. The van der Waals surface area contributed by atoms with Crippen LogP contribution in [-0.4, -0.2) is 9.78 Å². The molecule has 3 aromatic rings. The normalized spacial score (nSPS) is 12.6. The number of hydrogen-bond acceptors (Lipinski definition) is 2. The van der Waals surface area contributed by atoms with Crippen molar-refractivity contribution in [2.24, 2.45) is 0 Å². The second kappa shape index (κ2) is 5.20. The van der Waals surface area contributed by atoms with Crippen molar-refractivity contribution in [2.75, 3.05) is 0 Å². The summed E-state index contributed by atoms with van der Waals surface area (Å²) >= 11 is 0. The molecule has 114 valence electrons. The summed E-state index contributed by atoms with van der Waals surface area (Å²) in [6, 6.07) is 16.1. The van der Waals surface area contributed by atoms with Crippen LogP contribution in [0.2, 0.25) is 0 Å². The van der Waals surface area contributed by atoms with Gasteiger partial charge in [-0.3, -0.25) is 4.79 Å². The van der Waals surface area contributed by atoms with E-state index in [2.05, 4.69) is 25.1 Å². The molecule has 2 aromatic carbocycles. The smallest absolute Gasteiger partial charge is 0.267 e. The molecule has 0 N–H and O–H groups in total. The highest BCUT2D eigenvalue weighted by molar-refractivity contribution is 5.70. The van der Waals surface area contributed by atoms with Crippen LogP contribution in [-0.2, 0) is 12.8 Å². The summed E-state index contributed by atoms with van der Waals surface area (Å²) in [5, 5.41) is 4.70. The zero-order valence-electron chi connectivity index (χ0n) is 13.3. The molecule has 1 heterocycles. The molecule has 3 heteroatoms. The van der Waals surface area contributed by atoms with Gasteiger partial charge in [0.05, 0.1) is 11.4 Å². The lowest BCUT2D eigenvalue weighted by molar-refractivity contribution is 0.783. The fourth-order valence-electron chi connectivity index (χ4n) is 3.18. The Kier molecular flexibility index (Phi) is 3.15. The van der Waals surface area contributed by atoms with Gasteiger partial charge in [-0.05, 0) is 56.0 Å². The molecule has 0 saturated carbocycles. The van der Waals surface area contributed by atoms with Gasteiger partial charge in [-0.15, -0.1) is 0 Å². The van der Waals surface area contributed by atoms with E-state index >= 15 is 0 Å². The van der Waals surface area contributed by atoms with E-state index in [1.54, 1.807) is 6.07 Å². The highest BCUT2D eigenvalue weighted by atomic mass is 16.1. The molecule has 1 aromatic heterocycles. The van der Waals surface area contributed by atoms with Crippen LogP contribution in [0.3, 0.4) is 0 Å². The van der Waals surface area contributed by atoms with Crippen LogP contribution in [0, 0.1) is 13.8 Å². The molecule has 3 nitrogen and oxygen atoms in total. The molecule has 0 spiro atoms. The first kappa shape index (κ1) is 13.9. The zero-order valence-corrected chi connectivity index (χ0v) is 13.3. The SMILES string of the molecule is Cc1ccc(-n2nc3c(cc2=O)CCc2ccc(C)cc2-3)cc1. The van der Waals surface area contributed by atoms with Gasteiger partial charge in [0.15, 0.2) is 0 Å². The fraction of sp³-hybridized carbons (Fsp3) is 0.200. The quantitative estimate of drug-likeness (QED) is 0.688. The summed E-state index contributed by atoms with van der Waals surface area (Å²) in [6.45, 7) is 4.12. The van der Waals surface area contributed by atoms with Crippen molar-refractivity contribution in [3.8, 4) is 16.9 Å². The third kappa shape index (κ3) is 2.38. The fourth-order valence-corrected chi connectivity index (χ4v) is 3.18. The predicted octanol–water partition coefficient (Wildman–Crippen LogP) is 3.61. The maximum atomic E-state index is 12.5. The summed E-state index contributed by atoms with van der Waals surface area (Å²) < 4.78 is 1.51. The average molecular weight is 302 g/mol. The molecule has 1 aliphatic carbocycles. The summed E-state index contributed by atoms with van der Waals surface area (Å²) in [4.78, 5) is 12.5. The van der Waals surface area contributed by atoms with Crippen molar-refractivity contribution in [1.29, 1.82) is 0 Å². The van der Waals surface area contributed by atoms with Crippen LogP contribution in [0.4, 0.5) is 0 Å². The van der Waals surface area contributed by atoms with E-state index in [1.807, 2.05) is 31.2 Å². The standard InChI is InChI=1S/C20H18N2O/c1-13-4-9-17(10-5-13)22-19(23)12-16-8-7-15-6-3-14(2)11-18(15)20(16)21-22/h3-6,9-12H,7-8H2,1-2H3. The first-order valence-corrected chi connectivity index (χ1v) is 7.92. The Hall–Kier alpha value is -2.68. The van der Waals surface area contributed by atoms with Crippen molar-refractivity contribution < 1.29 is 0 Å². The van der Waals surface area contributed by atoms with E-state index in [4.69, 9.17) is 5.10 Å². The molecule has 0 atom stereocenters. The van der Waals surface area contributed by atoms with E-state index < -0.39 is 0 Å². The molecule has 0 bridgehead atoms. The van der Waals surface area contributed by atoms with Crippen LogP contribution < -0.4 is 5.56 Å². The van der Waals surface area contributed by atoms with Crippen LogP contribution >= 0.6 is 0 Å². The van der Waals surface area contributed by atoms with E-state index in [9.17, 15) is 4.79 Å². The lowest BCUT2D eigenvalue weighted by atomic mass is 9.88. The monoisotopic (exact) mass is 302 g/mol. The van der Waals surface area contributed by atoms with E-state index in [1.165, 1.54) is 21.4 Å². The van der Waals surface area contributed by atoms with Gasteiger partial charge >= 0.3 is 0 Å². The molecule has 0 radical (unpaired) electrons. The minimum absolute atomic E-state index is 0.0660. The number of hydrogen-bond donors (Lipinski definition) is 0. The Labute approximate surface area is 135 Å². The molecule has 0 unspecified atom stereocenters. The van der Waals surface area contributed by atoms with Crippen LogP contribution in [0.15, 0.2) is 53.3 Å². The highest BCUT2D eigenvalue weighted by Crippen LogP contribution is 2.31. The number of fused-ring (bicyclic) bond motifs is 3. The van der Waals surface area contributed by atoms with E-state index in [-0.39, 0.29) is 5.56 Å². The molecule has 23 heavy (non-hydrogen) atoms. The van der Waals surface area contributed by atoms with Gasteiger partial charge < -0.3 is 0 Å². The number of rotatable bonds is 1. The Morgan fingerprint density at radius 3 is 2.35 bits per heavy atom. The largest absolute Gasteiger partial charge is 0.271 e. The molecule has 0 saturated heterocycles. The van der Waals surface area contributed by atoms with Crippen molar-refractivity contribution >= 4 is 0 Å². The average Bonchev–Trinajstić information content (AvgIpc) is 2.55. The Morgan fingerprint density at radius 2 is 1.57 bits per heavy atom. The number of aromatic nitrogens is 2. The maximum absolute atomic E-state index is 12.5. The third-order valence-electron chi connectivity index (χ3n) is 4.47. The Morgan fingerprint density at radius 1 is 0.870 bits per heavy atom. The second-order valence-electron chi connectivity index (χ2n) is 6.26. The summed E-state index contributed by atoms with van der Waals surface area (Å²) in [7, 11) is 0. The minimum atomic E-state index is -0.0660. The van der Waals surface area contributed by atoms with Gasteiger partial charge in [0.2, 0.25) is 0 Å². The van der Waals surface area contributed by atoms with Gasteiger partial charge in [0.25, 0.3) is 5.56 Å². The first-order valence-electron chi connectivity index (χ1n) is 7.92. The number of benzene rings is 2. The van der Waals surface area contributed by atoms with Crippen molar-refractivity contribution in [2.45, 2.75) is 26.7 Å². The van der Waals surface area contributed by atoms with Gasteiger partial charge in [0, 0.05) is 11.6 Å². The molecular weight excluding hydrogens is 284 g/mol. The van der Waals surface area contributed by atoms with Crippen molar-refractivity contribution in [3.63, 3.8) is 0 Å². The van der Waals surface area contributed by atoms with Crippen molar-refractivity contribution in [1.82, 2.24) is 9.78 Å². The Bertz CT molecular complexity index is 952. The van der Waals surface area contributed by atoms with Crippen LogP contribution in [0.5, 0.6) is 0 Å². The zero-order chi connectivity index (χ0) is 16.0. The van der Waals surface area contributed by atoms with Crippen LogP contribution in [0.25, 0.3) is 16.9 Å². The molecule has 4 rings (SSSR count). The first-order chi connectivity index (χ1) is 11.1. The third-order valence-corrected chi connectivity index (χ3v) is 4.47.